The third-order valence-corrected chi connectivity index (χ3v) is 4.58. The molecule has 0 bridgehead atoms. The molecule has 0 unspecified atom stereocenters. The zero-order valence-corrected chi connectivity index (χ0v) is 14.6. The van der Waals surface area contributed by atoms with Crippen molar-refractivity contribution in [3.8, 4) is 11.9 Å². The molecule has 1 aliphatic heterocycles. The summed E-state index contributed by atoms with van der Waals surface area (Å²) in [5, 5.41) is 17.7. The van der Waals surface area contributed by atoms with Crippen LogP contribution in [0.4, 0.5) is 0 Å². The molecule has 1 aliphatic rings. The third-order valence-electron chi connectivity index (χ3n) is 4.58. The van der Waals surface area contributed by atoms with E-state index in [0.717, 1.165) is 16.5 Å². The van der Waals surface area contributed by atoms with Gasteiger partial charge in [-0.15, -0.1) is 5.10 Å². The van der Waals surface area contributed by atoms with E-state index in [9.17, 15) is 10.1 Å². The second kappa shape index (κ2) is 6.53. The molecule has 1 aromatic carbocycles. The SMILES string of the molecule is CCOC(=O)Cc1[nH]nc2c1[C@@H](c1c[nH]c3ccccc13)C(C#N)=C(N)O2. The predicted octanol–water partition coefficient (Wildman–Crippen LogP) is 2.21. The number of nitrogens with one attached hydrogen (secondary N) is 2. The van der Waals surface area contributed by atoms with Crippen LogP contribution in [0.2, 0.25) is 0 Å². The van der Waals surface area contributed by atoms with Gasteiger partial charge in [-0.05, 0) is 18.6 Å². The summed E-state index contributed by atoms with van der Waals surface area (Å²) in [4.78, 5) is 15.2. The van der Waals surface area contributed by atoms with E-state index in [4.69, 9.17) is 15.2 Å². The van der Waals surface area contributed by atoms with Crippen LogP contribution < -0.4 is 10.5 Å². The van der Waals surface area contributed by atoms with Gasteiger partial charge in [0.15, 0.2) is 0 Å². The van der Waals surface area contributed by atoms with Crippen LogP contribution in [0.5, 0.6) is 5.88 Å². The van der Waals surface area contributed by atoms with Crippen LogP contribution in [0.1, 0.15) is 29.7 Å². The maximum absolute atomic E-state index is 12.0. The molecule has 3 heterocycles. The minimum Gasteiger partial charge on any atom is -0.466 e. The number of nitrogens with zero attached hydrogens (tertiary/aromatic N) is 2. The second-order valence-electron chi connectivity index (χ2n) is 6.12. The zero-order chi connectivity index (χ0) is 19.0. The maximum atomic E-state index is 12.0. The molecule has 4 rings (SSSR count). The first-order valence-corrected chi connectivity index (χ1v) is 8.50. The van der Waals surface area contributed by atoms with Crippen LogP contribution in [-0.2, 0) is 16.0 Å². The third kappa shape index (κ3) is 2.69. The van der Waals surface area contributed by atoms with Gasteiger partial charge >= 0.3 is 5.97 Å². The lowest BCUT2D eigenvalue weighted by Gasteiger charge is -2.23. The molecule has 8 heteroatoms. The lowest BCUT2D eigenvalue weighted by molar-refractivity contribution is -0.142. The number of esters is 1. The number of nitriles is 1. The first-order chi connectivity index (χ1) is 13.1. The fourth-order valence-corrected chi connectivity index (χ4v) is 3.44. The van der Waals surface area contributed by atoms with E-state index in [1.54, 1.807) is 6.92 Å². The first kappa shape index (κ1) is 16.7. The molecule has 0 aliphatic carbocycles. The Bertz CT molecular complexity index is 1100. The topological polar surface area (TPSA) is 130 Å². The number of aromatic nitrogens is 3. The molecule has 0 amide bonds. The quantitative estimate of drug-likeness (QED) is 0.609. The summed E-state index contributed by atoms with van der Waals surface area (Å²) in [5.74, 6) is -0.615. The van der Waals surface area contributed by atoms with Gasteiger partial charge < -0.3 is 20.2 Å². The number of nitrogens with two attached hydrogens (primary N) is 1. The Hall–Kier alpha value is -3.73. The lowest BCUT2D eigenvalue weighted by atomic mass is 9.83. The largest absolute Gasteiger partial charge is 0.466 e. The number of rotatable bonds is 4. The Balaban J connectivity index is 1.89. The molecule has 0 saturated heterocycles. The molecule has 27 heavy (non-hydrogen) atoms. The van der Waals surface area contributed by atoms with E-state index in [-0.39, 0.29) is 36.3 Å². The molecular weight excluding hydrogens is 346 g/mol. The molecule has 2 aromatic heterocycles. The Labute approximate surface area is 154 Å². The van der Waals surface area contributed by atoms with Gasteiger partial charge in [-0.25, -0.2) is 0 Å². The van der Waals surface area contributed by atoms with Crippen LogP contribution >= 0.6 is 0 Å². The number of allylic oxidation sites excluding steroid dienone is 1. The molecule has 3 aromatic rings. The molecule has 0 radical (unpaired) electrons. The Morgan fingerprint density at radius 2 is 2.26 bits per heavy atom. The number of benzene rings is 1. The van der Waals surface area contributed by atoms with Gasteiger partial charge in [0.05, 0.1) is 30.2 Å². The number of ether oxygens (including phenoxy) is 2. The van der Waals surface area contributed by atoms with Crippen molar-refractivity contribution in [2.24, 2.45) is 5.73 Å². The monoisotopic (exact) mass is 363 g/mol. The summed E-state index contributed by atoms with van der Waals surface area (Å²) in [5.41, 5.74) is 9.22. The highest BCUT2D eigenvalue weighted by molar-refractivity contribution is 5.85. The van der Waals surface area contributed by atoms with E-state index in [1.165, 1.54) is 0 Å². The summed E-state index contributed by atoms with van der Waals surface area (Å²) in [7, 11) is 0. The van der Waals surface area contributed by atoms with E-state index < -0.39 is 5.92 Å². The van der Waals surface area contributed by atoms with Gasteiger partial charge in [0.2, 0.25) is 11.8 Å². The second-order valence-corrected chi connectivity index (χ2v) is 6.12. The van der Waals surface area contributed by atoms with Crippen molar-refractivity contribution in [3.63, 3.8) is 0 Å². The summed E-state index contributed by atoms with van der Waals surface area (Å²) in [6.07, 6.45) is 1.84. The van der Waals surface area contributed by atoms with Gasteiger partial charge in [-0.3, -0.25) is 9.89 Å². The van der Waals surface area contributed by atoms with E-state index in [0.29, 0.717) is 11.3 Å². The minimum absolute atomic E-state index is 0.00297. The molecule has 8 nitrogen and oxygen atoms in total. The molecule has 0 spiro atoms. The van der Waals surface area contributed by atoms with Crippen molar-refractivity contribution in [3.05, 3.63) is 58.7 Å². The summed E-state index contributed by atoms with van der Waals surface area (Å²) in [6.45, 7) is 2.03. The van der Waals surface area contributed by atoms with E-state index in [1.807, 2.05) is 30.5 Å². The van der Waals surface area contributed by atoms with Crippen LogP contribution in [0.3, 0.4) is 0 Å². The maximum Gasteiger partial charge on any atom is 0.311 e. The summed E-state index contributed by atoms with van der Waals surface area (Å²) >= 11 is 0. The van der Waals surface area contributed by atoms with Crippen molar-refractivity contribution in [1.29, 1.82) is 5.26 Å². The van der Waals surface area contributed by atoms with Crippen molar-refractivity contribution < 1.29 is 14.3 Å². The fourth-order valence-electron chi connectivity index (χ4n) is 3.44. The van der Waals surface area contributed by atoms with Crippen LogP contribution in [0.15, 0.2) is 41.9 Å². The highest BCUT2D eigenvalue weighted by Crippen LogP contribution is 2.44. The highest BCUT2D eigenvalue weighted by atomic mass is 16.5. The average Bonchev–Trinajstić information content (AvgIpc) is 3.25. The number of hydrogen-bond donors (Lipinski definition) is 3. The number of hydrogen-bond acceptors (Lipinski definition) is 6. The van der Waals surface area contributed by atoms with Crippen LogP contribution in [0.25, 0.3) is 10.9 Å². The van der Waals surface area contributed by atoms with Crippen molar-refractivity contribution in [2.75, 3.05) is 6.61 Å². The predicted molar refractivity (Wildman–Crippen MR) is 96.5 cm³/mol. The smallest absolute Gasteiger partial charge is 0.311 e. The molecule has 4 N–H and O–H groups in total. The Kier molecular flexibility index (Phi) is 4.05. The average molecular weight is 363 g/mol. The molecule has 0 saturated carbocycles. The van der Waals surface area contributed by atoms with Gasteiger partial charge in [0.25, 0.3) is 0 Å². The van der Waals surface area contributed by atoms with E-state index >= 15 is 0 Å². The molecular formula is C19H17N5O3. The fraction of sp³-hybridized carbons (Fsp3) is 0.211. The zero-order valence-electron chi connectivity index (χ0n) is 14.6. The number of H-pyrrole nitrogens is 2. The first-order valence-electron chi connectivity index (χ1n) is 8.50. The number of para-hydroxylation sites is 1. The minimum atomic E-state index is -0.502. The highest BCUT2D eigenvalue weighted by Gasteiger charge is 2.36. The standard InChI is InChI=1S/C19H17N5O3/c1-2-26-15(25)7-14-17-16(11(8-20)18(21)27-19(17)24-23-14)12-9-22-13-6-4-3-5-10(12)13/h3-6,9,16,22H,2,7,21H2,1H3,(H,23,24)/t16-/m1/s1. The van der Waals surface area contributed by atoms with Gasteiger partial charge in [0, 0.05) is 17.1 Å². The van der Waals surface area contributed by atoms with Crippen LogP contribution in [-0.4, -0.2) is 27.8 Å². The molecule has 136 valence electrons. The molecule has 0 fully saturated rings. The van der Waals surface area contributed by atoms with Crippen molar-refractivity contribution >= 4 is 16.9 Å². The van der Waals surface area contributed by atoms with Gasteiger partial charge in [-0.1, -0.05) is 18.2 Å². The van der Waals surface area contributed by atoms with Crippen molar-refractivity contribution in [2.45, 2.75) is 19.3 Å². The Morgan fingerprint density at radius 1 is 1.44 bits per heavy atom. The summed E-state index contributed by atoms with van der Waals surface area (Å²) < 4.78 is 10.6. The molecule has 1 atom stereocenters. The van der Waals surface area contributed by atoms with Crippen LogP contribution in [0, 0.1) is 11.3 Å². The van der Waals surface area contributed by atoms with E-state index in [2.05, 4.69) is 21.3 Å². The van der Waals surface area contributed by atoms with Gasteiger partial charge in [-0.2, -0.15) is 5.26 Å². The number of fused-ring (bicyclic) bond motifs is 2. The lowest BCUT2D eigenvalue weighted by Crippen LogP contribution is -2.21. The van der Waals surface area contributed by atoms with Crippen molar-refractivity contribution in [1.82, 2.24) is 15.2 Å². The normalized spacial score (nSPS) is 15.9. The summed E-state index contributed by atoms with van der Waals surface area (Å²) in [6, 6.07) is 9.92. The van der Waals surface area contributed by atoms with Gasteiger partial charge in [0.1, 0.15) is 11.6 Å². The number of aromatic amines is 2. The number of carbonyl (C=O) groups excluding carboxylic acids is 1. The Morgan fingerprint density at radius 3 is 3.04 bits per heavy atom. The number of carbonyl (C=O) groups is 1.